The molecular formula is C45H74IN5O9S2. The molecule has 5 amide bonds. The Morgan fingerprint density at radius 1 is 0.887 bits per heavy atom. The van der Waals surface area contributed by atoms with Crippen molar-refractivity contribution in [1.29, 1.82) is 0 Å². The van der Waals surface area contributed by atoms with E-state index in [1.165, 1.54) is 4.90 Å². The van der Waals surface area contributed by atoms with Gasteiger partial charge in [0.05, 0.1) is 54.0 Å². The molecule has 2 aliphatic rings. The zero-order chi connectivity index (χ0) is 46.4. The summed E-state index contributed by atoms with van der Waals surface area (Å²) in [5.41, 5.74) is 0.698. The molecule has 0 spiro atoms. The number of carbonyl (C=O) groups is 5. The van der Waals surface area contributed by atoms with Crippen LogP contribution in [-0.2, 0) is 33.4 Å². The Hall–Kier alpha value is -2.32. The van der Waals surface area contributed by atoms with Crippen LogP contribution < -0.4 is 10.6 Å². The first kappa shape index (κ1) is 54.0. The maximum Gasteiger partial charge on any atom is 0.410 e. The summed E-state index contributed by atoms with van der Waals surface area (Å²) >= 11 is 2.23. The summed E-state index contributed by atoms with van der Waals surface area (Å²) in [5, 5.41) is 17.0. The minimum atomic E-state index is -0.927. The molecule has 352 valence electrons. The minimum absolute atomic E-state index is 0.0190. The number of nitrogens with one attached hydrogen (secondary N) is 2. The fraction of sp³-hybridized carbons (Fsp3) is 0.756. The summed E-state index contributed by atoms with van der Waals surface area (Å²) in [6, 6.07) is 5.88. The number of rotatable bonds is 23. The summed E-state index contributed by atoms with van der Waals surface area (Å²) < 4.78 is 17.9. The quantitative estimate of drug-likeness (QED) is 0.0761. The van der Waals surface area contributed by atoms with Gasteiger partial charge in [-0.3, -0.25) is 24.1 Å². The number of methoxy groups -OCH3 is 2. The van der Waals surface area contributed by atoms with Crippen molar-refractivity contribution in [2.75, 3.05) is 34.9 Å². The summed E-state index contributed by atoms with van der Waals surface area (Å²) in [6.45, 7) is 15.5. The highest BCUT2D eigenvalue weighted by molar-refractivity contribution is 14.2. The van der Waals surface area contributed by atoms with Gasteiger partial charge in [-0.2, -0.15) is 0 Å². The molecule has 0 bridgehead atoms. The fourth-order valence-electron chi connectivity index (χ4n) is 9.09. The first-order valence-electron chi connectivity index (χ1n) is 22.2. The van der Waals surface area contributed by atoms with Crippen molar-refractivity contribution in [1.82, 2.24) is 25.3 Å². The number of ether oxygens (including phenoxy) is 3. The average Bonchev–Trinajstić information content (AvgIpc) is 3.91. The number of likely N-dealkylation sites (N-methyl/N-ethyl adjacent to an activating group) is 2. The van der Waals surface area contributed by atoms with Crippen LogP contribution in [0.5, 0.6) is 0 Å². The van der Waals surface area contributed by atoms with Crippen LogP contribution in [-0.4, -0.2) is 138 Å². The average molecular weight is 1020 g/mol. The second-order valence-electron chi connectivity index (χ2n) is 17.8. The van der Waals surface area contributed by atoms with Crippen LogP contribution in [0.4, 0.5) is 4.79 Å². The molecule has 14 nitrogen and oxygen atoms in total. The number of benzene rings is 1. The predicted octanol–water partition coefficient (Wildman–Crippen LogP) is 7.03. The molecule has 12 atom stereocenters. The molecule has 2 fully saturated rings. The standard InChI is InChI=1S/C45H74IN5O9S2/c1-13-28(6)39(49(9)44(56)37(26(2)3)48-43(55)38(27(4)5)50(10)45(57)60-33-22-17-23-35(33)61-62-46)34(58-11)25-36(52)51-24-18-21-32(51)41(59-12)29(7)42(54)47-30(8)40(53)31-19-15-14-16-20-31/h14-16,19-20,26-30,32-35,37-41,53H,13,17-18,21-25H2,1-12H3,(H,47,54)(H,48,55)/t28-,29+,30+,32-,33-,34+,35-,37-,38-,39-,40+,41+/m0/s1. The smallest absolute Gasteiger partial charge is 0.410 e. The van der Waals surface area contributed by atoms with Gasteiger partial charge in [-0.25, -0.2) is 4.79 Å². The zero-order valence-electron chi connectivity index (χ0n) is 38.9. The van der Waals surface area contributed by atoms with Gasteiger partial charge in [-0.15, -0.1) is 0 Å². The molecule has 1 saturated heterocycles. The van der Waals surface area contributed by atoms with Crippen molar-refractivity contribution in [2.45, 2.75) is 160 Å². The third-order valence-electron chi connectivity index (χ3n) is 12.9. The number of aliphatic hydroxyl groups excluding tert-OH is 1. The van der Waals surface area contributed by atoms with E-state index < -0.39 is 60.4 Å². The highest BCUT2D eigenvalue weighted by atomic mass is 127. The van der Waals surface area contributed by atoms with Gasteiger partial charge < -0.3 is 39.8 Å². The van der Waals surface area contributed by atoms with Crippen molar-refractivity contribution in [3.05, 3.63) is 35.9 Å². The van der Waals surface area contributed by atoms with Crippen LogP contribution in [0.3, 0.4) is 0 Å². The Balaban J connectivity index is 1.76. The molecule has 3 N–H and O–H groups in total. The highest BCUT2D eigenvalue weighted by Crippen LogP contribution is 2.42. The van der Waals surface area contributed by atoms with E-state index in [0.29, 0.717) is 24.9 Å². The van der Waals surface area contributed by atoms with Crippen LogP contribution in [0.25, 0.3) is 0 Å². The van der Waals surface area contributed by atoms with Gasteiger partial charge in [0.2, 0.25) is 23.6 Å². The Bertz CT molecular complexity index is 1600. The fourth-order valence-corrected chi connectivity index (χ4v) is 13.1. The highest BCUT2D eigenvalue weighted by Gasteiger charge is 2.44. The Morgan fingerprint density at radius 3 is 2.11 bits per heavy atom. The van der Waals surface area contributed by atoms with Gasteiger partial charge in [-0.05, 0) is 70.3 Å². The molecule has 1 aromatic rings. The van der Waals surface area contributed by atoms with E-state index in [-0.39, 0.29) is 59.3 Å². The number of hydrogen-bond donors (Lipinski definition) is 3. The molecule has 17 heteroatoms. The van der Waals surface area contributed by atoms with Crippen LogP contribution in [0.1, 0.15) is 112 Å². The van der Waals surface area contributed by atoms with Gasteiger partial charge in [0.25, 0.3) is 0 Å². The number of hydrogen-bond acceptors (Lipinski definition) is 11. The topological polar surface area (TPSA) is 167 Å². The second kappa shape index (κ2) is 26.0. The van der Waals surface area contributed by atoms with Gasteiger partial charge >= 0.3 is 6.09 Å². The van der Waals surface area contributed by atoms with E-state index >= 15 is 0 Å². The maximum absolute atomic E-state index is 14.6. The molecule has 1 aliphatic carbocycles. The predicted molar refractivity (Wildman–Crippen MR) is 255 cm³/mol. The summed E-state index contributed by atoms with van der Waals surface area (Å²) in [7, 11) is 9.67. The van der Waals surface area contributed by atoms with E-state index in [9.17, 15) is 29.1 Å². The second-order valence-corrected chi connectivity index (χ2v) is 22.9. The summed E-state index contributed by atoms with van der Waals surface area (Å²) in [4.78, 5) is 74.7. The SMILES string of the molecule is CC[C@H](C)[C@@H]([C@@H](CC(=O)N1CCC[C@H]1[C@H](OC)[C@@H](C)C(=O)N[C@H](C)[C@@H](O)c1ccccc1)OC)N(C)C(=O)[C@@H](NC(=O)[C@H](C(C)C)N(C)C(=O)O[C@H]1CCC[C@@H]1SSI)C(C)C. The summed E-state index contributed by atoms with van der Waals surface area (Å²) in [5.74, 6) is -2.53. The number of carbonyl (C=O) groups excluding carboxylic acids is 5. The Morgan fingerprint density at radius 2 is 1.55 bits per heavy atom. The normalized spacial score (nSPS) is 22.2. The van der Waals surface area contributed by atoms with Gasteiger partial charge in [0.1, 0.15) is 18.2 Å². The number of nitrogens with zero attached hydrogens (tertiary/aromatic N) is 3. The molecule has 0 aromatic heterocycles. The first-order chi connectivity index (χ1) is 29.3. The lowest BCUT2D eigenvalue weighted by Crippen LogP contribution is -2.60. The van der Waals surface area contributed by atoms with Gasteiger partial charge in [0, 0.05) is 56.1 Å². The van der Waals surface area contributed by atoms with Gasteiger partial charge in [-0.1, -0.05) is 96.0 Å². The Kier molecular flexibility index (Phi) is 22.6. The monoisotopic (exact) mass is 1020 g/mol. The van der Waals surface area contributed by atoms with Crippen LogP contribution in [0.2, 0.25) is 0 Å². The van der Waals surface area contributed by atoms with E-state index in [1.54, 1.807) is 70.7 Å². The largest absolute Gasteiger partial charge is 0.445 e. The van der Waals surface area contributed by atoms with Crippen molar-refractivity contribution >= 4 is 69.7 Å². The molecule has 0 unspecified atom stereocenters. The number of aliphatic hydroxyl groups is 1. The lowest BCUT2D eigenvalue weighted by molar-refractivity contribution is -0.148. The lowest BCUT2D eigenvalue weighted by atomic mass is 9.89. The van der Waals surface area contributed by atoms with Gasteiger partial charge in [0.15, 0.2) is 0 Å². The van der Waals surface area contributed by atoms with Crippen LogP contribution in [0, 0.1) is 23.7 Å². The number of amides is 5. The Labute approximate surface area is 390 Å². The molecular weight excluding hydrogens is 946 g/mol. The van der Waals surface area contributed by atoms with E-state index in [0.717, 1.165) is 25.7 Å². The first-order valence-corrected chi connectivity index (χ1v) is 26.9. The lowest BCUT2D eigenvalue weighted by Gasteiger charge is -2.41. The van der Waals surface area contributed by atoms with Crippen LogP contribution in [0.15, 0.2) is 30.3 Å². The molecule has 1 heterocycles. The van der Waals surface area contributed by atoms with E-state index in [1.807, 2.05) is 71.9 Å². The minimum Gasteiger partial charge on any atom is -0.445 e. The molecule has 1 saturated carbocycles. The van der Waals surface area contributed by atoms with Crippen molar-refractivity contribution in [3.8, 4) is 0 Å². The van der Waals surface area contributed by atoms with Crippen molar-refractivity contribution in [2.24, 2.45) is 23.7 Å². The molecule has 1 aromatic carbocycles. The molecule has 0 radical (unpaired) electrons. The maximum atomic E-state index is 14.6. The van der Waals surface area contributed by atoms with Crippen LogP contribution >= 0.6 is 40.0 Å². The van der Waals surface area contributed by atoms with Crippen molar-refractivity contribution in [3.63, 3.8) is 0 Å². The number of halogens is 1. The molecule has 1 aliphatic heterocycles. The third kappa shape index (κ3) is 14.1. The van der Waals surface area contributed by atoms with E-state index in [4.69, 9.17) is 14.2 Å². The van der Waals surface area contributed by atoms with E-state index in [2.05, 4.69) is 31.8 Å². The molecule has 62 heavy (non-hydrogen) atoms. The zero-order valence-corrected chi connectivity index (χ0v) is 42.7. The third-order valence-corrected chi connectivity index (χ3v) is 16.6. The molecule has 3 rings (SSSR count). The van der Waals surface area contributed by atoms with Crippen molar-refractivity contribution < 1.29 is 43.3 Å². The number of likely N-dealkylation sites (tertiary alicyclic amines) is 1. The summed E-state index contributed by atoms with van der Waals surface area (Å²) in [6.07, 6.45) is 1.78.